The van der Waals surface area contributed by atoms with Crippen LogP contribution in [0.4, 0.5) is 5.69 Å². The monoisotopic (exact) mass is 460 g/mol. The van der Waals surface area contributed by atoms with Crippen molar-refractivity contribution < 1.29 is 9.59 Å². The quantitative estimate of drug-likeness (QED) is 0.587. The van der Waals surface area contributed by atoms with Crippen molar-refractivity contribution >= 4 is 28.8 Å². The second-order valence-corrected chi connectivity index (χ2v) is 9.82. The van der Waals surface area contributed by atoms with E-state index in [1.807, 2.05) is 17.0 Å². The Hall–Kier alpha value is -3.03. The van der Waals surface area contributed by atoms with Crippen LogP contribution in [0.25, 0.3) is 0 Å². The Bertz CT molecular complexity index is 1130. The highest BCUT2D eigenvalue weighted by Gasteiger charge is 2.38. The highest BCUT2D eigenvalue weighted by molar-refractivity contribution is 7.10. The summed E-state index contributed by atoms with van der Waals surface area (Å²) in [4.78, 5) is 33.4. The van der Waals surface area contributed by atoms with Gasteiger partial charge in [-0.1, -0.05) is 12.1 Å². The molecule has 2 aromatic heterocycles. The van der Waals surface area contributed by atoms with Gasteiger partial charge in [0, 0.05) is 35.1 Å². The molecule has 33 heavy (non-hydrogen) atoms. The molecule has 1 fully saturated rings. The first-order chi connectivity index (χ1) is 16.1. The third-order valence-corrected chi connectivity index (χ3v) is 7.84. The number of hydrogen-bond donors (Lipinski definition) is 2. The van der Waals surface area contributed by atoms with Gasteiger partial charge in [0.15, 0.2) is 0 Å². The molecule has 3 aromatic rings. The maximum Gasteiger partial charge on any atom is 0.255 e. The highest BCUT2D eigenvalue weighted by atomic mass is 32.1. The first-order valence-electron chi connectivity index (χ1n) is 11.6. The number of nitrogens with zero attached hydrogens (tertiary/aromatic N) is 2. The van der Waals surface area contributed by atoms with Gasteiger partial charge in [0.05, 0.1) is 18.0 Å². The molecule has 3 heterocycles. The van der Waals surface area contributed by atoms with E-state index in [2.05, 4.69) is 21.7 Å². The molecule has 2 aliphatic rings. The predicted molar refractivity (Wildman–Crippen MR) is 130 cm³/mol. The Kier molecular flexibility index (Phi) is 6.24. The maximum absolute atomic E-state index is 13.5. The standard InChI is InChI=1S/C26H28N4O2S/c27-24(17-6-8-18(9-7-17)25(31)29-19-10-13-28-14-11-19)22-4-2-15-30(22)26(32)21-3-1-5-23-20(21)12-16-33-23/h6-14,16,21-22,24H,1-5,15,27H2,(H,28,29,31). The zero-order valence-electron chi connectivity index (χ0n) is 18.4. The molecule has 7 heteroatoms. The summed E-state index contributed by atoms with van der Waals surface area (Å²) >= 11 is 1.77. The first kappa shape index (κ1) is 21.8. The lowest BCUT2D eigenvalue weighted by molar-refractivity contribution is -0.134. The second-order valence-electron chi connectivity index (χ2n) is 8.82. The Morgan fingerprint density at radius 2 is 1.85 bits per heavy atom. The van der Waals surface area contributed by atoms with Gasteiger partial charge < -0.3 is 16.0 Å². The molecule has 170 valence electrons. The minimum absolute atomic E-state index is 0.0157. The third-order valence-electron chi connectivity index (χ3n) is 6.84. The lowest BCUT2D eigenvalue weighted by Crippen LogP contribution is -2.44. The molecule has 5 rings (SSSR count). The molecule has 3 N–H and O–H groups in total. The summed E-state index contributed by atoms with van der Waals surface area (Å²) in [6, 6.07) is 12.7. The van der Waals surface area contributed by atoms with Crippen LogP contribution < -0.4 is 11.1 Å². The van der Waals surface area contributed by atoms with Crippen LogP contribution in [-0.2, 0) is 11.2 Å². The Morgan fingerprint density at radius 3 is 2.64 bits per heavy atom. The van der Waals surface area contributed by atoms with Gasteiger partial charge in [0.1, 0.15) is 0 Å². The average Bonchev–Trinajstić information content (AvgIpc) is 3.53. The van der Waals surface area contributed by atoms with Gasteiger partial charge in [-0.25, -0.2) is 0 Å². The number of nitrogens with two attached hydrogens (primary N) is 1. The molecule has 0 saturated carbocycles. The summed E-state index contributed by atoms with van der Waals surface area (Å²) in [7, 11) is 0. The first-order valence-corrected chi connectivity index (χ1v) is 12.4. The Labute approximate surface area is 197 Å². The predicted octanol–water partition coefficient (Wildman–Crippen LogP) is 4.51. The van der Waals surface area contributed by atoms with Crippen LogP contribution in [0.3, 0.4) is 0 Å². The van der Waals surface area contributed by atoms with E-state index in [4.69, 9.17) is 5.73 Å². The fourth-order valence-electron chi connectivity index (χ4n) is 5.10. The number of likely N-dealkylation sites (tertiary alicyclic amines) is 1. The topological polar surface area (TPSA) is 88.3 Å². The van der Waals surface area contributed by atoms with Crippen molar-refractivity contribution in [1.29, 1.82) is 0 Å². The van der Waals surface area contributed by atoms with Crippen LogP contribution in [-0.4, -0.2) is 34.3 Å². The maximum atomic E-state index is 13.5. The Balaban J connectivity index is 1.28. The molecular weight excluding hydrogens is 432 g/mol. The van der Waals surface area contributed by atoms with Gasteiger partial charge in [-0.3, -0.25) is 14.6 Å². The van der Waals surface area contributed by atoms with Crippen molar-refractivity contribution in [3.8, 4) is 0 Å². The number of rotatable bonds is 5. The molecule has 1 aromatic carbocycles. The summed E-state index contributed by atoms with van der Waals surface area (Å²) in [5.74, 6) is 0.00978. The van der Waals surface area contributed by atoms with E-state index in [1.165, 1.54) is 10.4 Å². The number of carbonyl (C=O) groups is 2. The van der Waals surface area contributed by atoms with E-state index in [1.54, 1.807) is 48.0 Å². The summed E-state index contributed by atoms with van der Waals surface area (Å²) < 4.78 is 0. The Morgan fingerprint density at radius 1 is 1.06 bits per heavy atom. The molecule has 3 atom stereocenters. The molecule has 1 aliphatic heterocycles. The number of aromatic nitrogens is 1. The molecule has 0 spiro atoms. The van der Waals surface area contributed by atoms with Crippen molar-refractivity contribution in [3.05, 3.63) is 81.8 Å². The number of benzene rings is 1. The molecule has 0 bridgehead atoms. The number of hydrogen-bond acceptors (Lipinski definition) is 5. The smallest absolute Gasteiger partial charge is 0.255 e. The zero-order valence-corrected chi connectivity index (χ0v) is 19.3. The number of anilines is 1. The minimum atomic E-state index is -0.278. The van der Waals surface area contributed by atoms with Crippen molar-refractivity contribution in [2.45, 2.75) is 50.1 Å². The third kappa shape index (κ3) is 4.43. The summed E-state index contributed by atoms with van der Waals surface area (Å²) in [5, 5.41) is 4.97. The van der Waals surface area contributed by atoms with Crippen LogP contribution in [0.1, 0.15) is 64.0 Å². The largest absolute Gasteiger partial charge is 0.337 e. The number of amides is 2. The number of fused-ring (bicyclic) bond motifs is 1. The van der Waals surface area contributed by atoms with Gasteiger partial charge in [-0.05, 0) is 78.9 Å². The number of pyridine rings is 1. The molecule has 1 saturated heterocycles. The fourth-order valence-corrected chi connectivity index (χ4v) is 6.09. The molecule has 6 nitrogen and oxygen atoms in total. The molecule has 2 amide bonds. The number of thiophene rings is 1. The molecule has 1 aliphatic carbocycles. The summed E-state index contributed by atoms with van der Waals surface area (Å²) in [6.07, 6.45) is 8.22. The van der Waals surface area contributed by atoms with E-state index in [9.17, 15) is 9.59 Å². The SMILES string of the molecule is NC(c1ccc(C(=O)Nc2ccncc2)cc1)C1CCCN1C(=O)C1CCCc2sccc21. The summed E-state index contributed by atoms with van der Waals surface area (Å²) in [6.45, 7) is 0.763. The van der Waals surface area contributed by atoms with Crippen LogP contribution in [0.2, 0.25) is 0 Å². The van der Waals surface area contributed by atoms with Gasteiger partial charge >= 0.3 is 0 Å². The van der Waals surface area contributed by atoms with Crippen molar-refractivity contribution in [1.82, 2.24) is 9.88 Å². The fraction of sp³-hybridized carbons (Fsp3) is 0.346. The van der Waals surface area contributed by atoms with Crippen molar-refractivity contribution in [2.75, 3.05) is 11.9 Å². The number of nitrogens with one attached hydrogen (secondary N) is 1. The van der Waals surface area contributed by atoms with Crippen LogP contribution >= 0.6 is 11.3 Å². The second kappa shape index (κ2) is 9.45. The van der Waals surface area contributed by atoms with Gasteiger partial charge in [-0.2, -0.15) is 0 Å². The normalized spacial score (nSPS) is 20.8. The minimum Gasteiger partial charge on any atom is -0.337 e. The van der Waals surface area contributed by atoms with Gasteiger partial charge in [0.25, 0.3) is 5.91 Å². The van der Waals surface area contributed by atoms with Gasteiger partial charge in [0.2, 0.25) is 5.91 Å². The molecule has 3 unspecified atom stereocenters. The van der Waals surface area contributed by atoms with E-state index < -0.39 is 0 Å². The number of aryl methyl sites for hydroxylation is 1. The zero-order chi connectivity index (χ0) is 22.8. The number of carbonyl (C=O) groups excluding carboxylic acids is 2. The average molecular weight is 461 g/mol. The van der Waals surface area contributed by atoms with E-state index in [-0.39, 0.29) is 29.8 Å². The van der Waals surface area contributed by atoms with Crippen molar-refractivity contribution in [3.63, 3.8) is 0 Å². The summed E-state index contributed by atoms with van der Waals surface area (Å²) in [5.41, 5.74) is 10.1. The lowest BCUT2D eigenvalue weighted by Gasteiger charge is -2.34. The van der Waals surface area contributed by atoms with Crippen LogP contribution in [0, 0.1) is 0 Å². The molecule has 0 radical (unpaired) electrons. The van der Waals surface area contributed by atoms with Crippen molar-refractivity contribution in [2.24, 2.45) is 5.73 Å². The van der Waals surface area contributed by atoms with Crippen LogP contribution in [0.5, 0.6) is 0 Å². The lowest BCUT2D eigenvalue weighted by atomic mass is 9.86. The van der Waals surface area contributed by atoms with E-state index in [0.717, 1.165) is 44.2 Å². The highest BCUT2D eigenvalue weighted by Crippen LogP contribution is 2.38. The van der Waals surface area contributed by atoms with Crippen LogP contribution in [0.15, 0.2) is 60.2 Å². The van der Waals surface area contributed by atoms with E-state index in [0.29, 0.717) is 11.3 Å². The van der Waals surface area contributed by atoms with E-state index >= 15 is 0 Å². The van der Waals surface area contributed by atoms with Gasteiger partial charge in [-0.15, -0.1) is 11.3 Å². The molecular formula is C26H28N4O2S.